The lowest BCUT2D eigenvalue weighted by Crippen LogP contribution is -2.57. The molecule has 0 spiro atoms. The van der Waals surface area contributed by atoms with Gasteiger partial charge in [0.2, 0.25) is 0 Å². The number of hydrogen-bond donors (Lipinski definition) is 1. The molecule has 2 atom stereocenters. The molecule has 0 aliphatic carbocycles. The lowest BCUT2D eigenvalue weighted by molar-refractivity contribution is -0.389. The number of alkyl halides is 3. The maximum Gasteiger partial charge on any atom is 0.438 e. The van der Waals surface area contributed by atoms with Crippen LogP contribution < -0.4 is 0 Å². The van der Waals surface area contributed by atoms with Crippen molar-refractivity contribution in [1.29, 1.82) is 0 Å². The fraction of sp³-hybridized carbons (Fsp3) is 0.583. The van der Waals surface area contributed by atoms with Crippen molar-refractivity contribution < 1.29 is 28.0 Å². The Hall–Kier alpha value is -2.50. The summed E-state index contributed by atoms with van der Waals surface area (Å²) in [5.74, 6) is -1.73. The topological polar surface area (TPSA) is 114 Å². The molecule has 1 amide bonds. The zero-order chi connectivity index (χ0) is 18.4. The molecule has 0 bridgehead atoms. The summed E-state index contributed by atoms with van der Waals surface area (Å²) in [7, 11) is 0. The largest absolute Gasteiger partial charge is 0.438 e. The van der Waals surface area contributed by atoms with Gasteiger partial charge in [0.05, 0.1) is 16.9 Å². The van der Waals surface area contributed by atoms with E-state index in [-0.39, 0.29) is 16.4 Å². The molecule has 0 saturated heterocycles. The molecular weight excluding hydrogens is 335 g/mol. The number of nitrogens with zero attached hydrogens (tertiary/aromatic N) is 5. The zero-order valence-electron chi connectivity index (χ0n) is 12.9. The average molecular weight is 349 g/mol. The van der Waals surface area contributed by atoms with Gasteiger partial charge in [-0.2, -0.15) is 28.0 Å². The number of carbonyl (C=O) groups is 1. The van der Waals surface area contributed by atoms with Gasteiger partial charge in [0.1, 0.15) is 0 Å². The van der Waals surface area contributed by atoms with E-state index in [1.807, 2.05) is 0 Å². The fourth-order valence-corrected chi connectivity index (χ4v) is 2.41. The molecule has 0 fully saturated rings. The number of aromatic nitrogens is 2. The lowest BCUT2D eigenvalue weighted by atomic mass is 10.1. The Kier molecular flexibility index (Phi) is 4.12. The number of nitro groups is 1. The number of aliphatic hydroxyl groups is 1. The Morgan fingerprint density at radius 1 is 1.50 bits per heavy atom. The minimum Gasteiger partial charge on any atom is -0.362 e. The average Bonchev–Trinajstić information content (AvgIpc) is 2.97. The Balaban J connectivity index is 2.38. The van der Waals surface area contributed by atoms with Crippen LogP contribution in [0.15, 0.2) is 11.2 Å². The van der Waals surface area contributed by atoms with Gasteiger partial charge in [0.15, 0.2) is 6.04 Å². The standard InChI is InChI=1S/C12H14F3N5O4/c1-6-5-11(22,12(13,14)15)19(16-6)10(21)8(3)18-7(2)4-9(17-18)20(23)24/h4,8,22H,5H2,1-3H3/t8-,11+/m0/s1. The molecule has 0 unspecified atom stereocenters. The van der Waals surface area contributed by atoms with Crippen LogP contribution >= 0.6 is 0 Å². The first-order valence-electron chi connectivity index (χ1n) is 6.76. The van der Waals surface area contributed by atoms with Gasteiger partial charge >= 0.3 is 12.0 Å². The van der Waals surface area contributed by atoms with E-state index >= 15 is 0 Å². The monoisotopic (exact) mass is 349 g/mol. The van der Waals surface area contributed by atoms with Crippen LogP contribution in [0.1, 0.15) is 32.0 Å². The first-order chi connectivity index (χ1) is 10.9. The zero-order valence-corrected chi connectivity index (χ0v) is 12.9. The Labute approximate surface area is 133 Å². The third-order valence-electron chi connectivity index (χ3n) is 3.61. The smallest absolute Gasteiger partial charge is 0.362 e. The van der Waals surface area contributed by atoms with Crippen molar-refractivity contribution in [3.63, 3.8) is 0 Å². The predicted octanol–water partition coefficient (Wildman–Crippen LogP) is 1.52. The summed E-state index contributed by atoms with van der Waals surface area (Å²) in [6, 6.07) is -0.250. The van der Waals surface area contributed by atoms with E-state index in [1.54, 1.807) is 0 Å². The number of carbonyl (C=O) groups excluding carboxylic acids is 1. The van der Waals surface area contributed by atoms with Crippen LogP contribution in [-0.2, 0) is 4.79 Å². The molecule has 1 aromatic heterocycles. The summed E-state index contributed by atoms with van der Waals surface area (Å²) in [6.07, 6.45) is -5.98. The summed E-state index contributed by atoms with van der Waals surface area (Å²) in [6.45, 7) is 3.88. The molecule has 1 N–H and O–H groups in total. The van der Waals surface area contributed by atoms with Crippen LogP contribution in [-0.4, -0.2) is 48.3 Å². The predicted molar refractivity (Wildman–Crippen MR) is 73.9 cm³/mol. The second-order valence-corrected chi connectivity index (χ2v) is 5.50. The van der Waals surface area contributed by atoms with Crippen LogP contribution in [0.2, 0.25) is 0 Å². The molecule has 1 aromatic rings. The van der Waals surface area contributed by atoms with E-state index in [9.17, 15) is 33.2 Å². The van der Waals surface area contributed by atoms with E-state index in [4.69, 9.17) is 0 Å². The van der Waals surface area contributed by atoms with Gasteiger partial charge < -0.3 is 15.2 Å². The SMILES string of the molecule is CC1=NN(C(=O)[C@H](C)n2nc([N+](=O)[O-])cc2C)[C@](O)(C(F)(F)F)C1. The van der Waals surface area contributed by atoms with Crippen molar-refractivity contribution in [2.45, 2.75) is 45.1 Å². The number of aryl methyl sites for hydroxylation is 1. The van der Waals surface area contributed by atoms with Crippen molar-refractivity contribution in [1.82, 2.24) is 14.8 Å². The highest BCUT2D eigenvalue weighted by atomic mass is 19.4. The quantitative estimate of drug-likeness (QED) is 0.656. The summed E-state index contributed by atoms with van der Waals surface area (Å²) in [5, 5.41) is 27.7. The number of rotatable bonds is 3. The van der Waals surface area contributed by atoms with Gasteiger partial charge in [0, 0.05) is 12.1 Å². The van der Waals surface area contributed by atoms with Gasteiger partial charge in [-0.3, -0.25) is 4.79 Å². The highest BCUT2D eigenvalue weighted by Gasteiger charge is 2.63. The molecule has 0 saturated carbocycles. The second kappa shape index (κ2) is 5.54. The number of hydrogen-bond acceptors (Lipinski definition) is 6. The molecule has 0 radical (unpaired) electrons. The molecular formula is C12H14F3N5O4. The molecule has 0 aromatic carbocycles. The summed E-state index contributed by atoms with van der Waals surface area (Å²) < 4.78 is 40.4. The van der Waals surface area contributed by atoms with Crippen molar-refractivity contribution >= 4 is 17.4 Å². The van der Waals surface area contributed by atoms with Crippen LogP contribution in [0.25, 0.3) is 0 Å². The summed E-state index contributed by atoms with van der Waals surface area (Å²) in [5.41, 5.74) is -3.31. The van der Waals surface area contributed by atoms with Crippen LogP contribution in [0.5, 0.6) is 0 Å². The molecule has 132 valence electrons. The minimum atomic E-state index is -5.12. The van der Waals surface area contributed by atoms with Gasteiger partial charge in [-0.25, -0.2) is 0 Å². The number of hydrazone groups is 1. The molecule has 2 rings (SSSR count). The summed E-state index contributed by atoms with van der Waals surface area (Å²) >= 11 is 0. The van der Waals surface area contributed by atoms with E-state index in [2.05, 4.69) is 10.2 Å². The molecule has 12 heteroatoms. The fourth-order valence-electron chi connectivity index (χ4n) is 2.41. The summed E-state index contributed by atoms with van der Waals surface area (Å²) in [4.78, 5) is 22.3. The van der Waals surface area contributed by atoms with Crippen LogP contribution in [0.3, 0.4) is 0 Å². The van der Waals surface area contributed by atoms with Crippen molar-refractivity contribution in [3.8, 4) is 0 Å². The van der Waals surface area contributed by atoms with Gasteiger partial charge in [-0.15, -0.1) is 0 Å². The third kappa shape index (κ3) is 2.72. The van der Waals surface area contributed by atoms with Gasteiger partial charge in [-0.1, -0.05) is 0 Å². The van der Waals surface area contributed by atoms with Crippen LogP contribution in [0, 0.1) is 17.0 Å². The van der Waals surface area contributed by atoms with Crippen molar-refractivity contribution in [2.24, 2.45) is 5.10 Å². The number of halogens is 3. The van der Waals surface area contributed by atoms with Crippen LogP contribution in [0.4, 0.5) is 19.0 Å². The highest BCUT2D eigenvalue weighted by molar-refractivity contribution is 5.90. The second-order valence-electron chi connectivity index (χ2n) is 5.50. The first kappa shape index (κ1) is 17.8. The van der Waals surface area contributed by atoms with Gasteiger partial charge in [0.25, 0.3) is 11.6 Å². The molecule has 1 aliphatic heterocycles. The molecule has 2 heterocycles. The van der Waals surface area contributed by atoms with Crippen molar-refractivity contribution in [3.05, 3.63) is 21.9 Å². The number of amides is 1. The molecule has 1 aliphatic rings. The third-order valence-corrected chi connectivity index (χ3v) is 3.61. The van der Waals surface area contributed by atoms with E-state index < -0.39 is 41.0 Å². The Bertz CT molecular complexity index is 729. The van der Waals surface area contributed by atoms with E-state index in [0.717, 1.165) is 10.7 Å². The van der Waals surface area contributed by atoms with E-state index in [1.165, 1.54) is 20.8 Å². The maximum absolute atomic E-state index is 13.2. The molecule has 24 heavy (non-hydrogen) atoms. The lowest BCUT2D eigenvalue weighted by Gasteiger charge is -2.33. The Morgan fingerprint density at radius 2 is 2.08 bits per heavy atom. The molecule has 9 nitrogen and oxygen atoms in total. The van der Waals surface area contributed by atoms with Crippen molar-refractivity contribution in [2.75, 3.05) is 0 Å². The first-order valence-corrected chi connectivity index (χ1v) is 6.76. The van der Waals surface area contributed by atoms with E-state index in [0.29, 0.717) is 0 Å². The Morgan fingerprint density at radius 3 is 2.54 bits per heavy atom. The van der Waals surface area contributed by atoms with Gasteiger partial charge in [-0.05, 0) is 25.7 Å². The highest BCUT2D eigenvalue weighted by Crippen LogP contribution is 2.41. The minimum absolute atomic E-state index is 0.0278. The normalized spacial score (nSPS) is 22.5. The maximum atomic E-state index is 13.2.